The zero-order valence-corrected chi connectivity index (χ0v) is 17.0. The summed E-state index contributed by atoms with van der Waals surface area (Å²) in [5, 5.41) is 3.63. The number of aromatic nitrogens is 4. The minimum Gasteiger partial charge on any atom is -0.486 e. The molecule has 8 nitrogen and oxygen atoms in total. The Kier molecular flexibility index (Phi) is 5.10. The van der Waals surface area contributed by atoms with Crippen LogP contribution in [0.1, 0.15) is 35.7 Å². The molecule has 1 aromatic carbocycles. The monoisotopic (exact) mass is 447 g/mol. The van der Waals surface area contributed by atoms with Gasteiger partial charge in [-0.25, -0.2) is 4.98 Å². The molecule has 11 heteroatoms. The Morgan fingerprint density at radius 3 is 2.59 bits per heavy atom. The Bertz CT molecular complexity index is 1160. The topological polar surface area (TPSA) is 81.9 Å². The van der Waals surface area contributed by atoms with E-state index in [1.807, 2.05) is 12.1 Å². The average molecular weight is 447 g/mol. The number of hydrogen-bond donors (Lipinski definition) is 0. The van der Waals surface area contributed by atoms with Crippen LogP contribution >= 0.6 is 0 Å². The molecule has 0 N–H and O–H groups in total. The number of carbonyl (C=O) groups excluding carboxylic acids is 1. The van der Waals surface area contributed by atoms with Crippen LogP contribution in [0.15, 0.2) is 30.6 Å². The fourth-order valence-electron chi connectivity index (χ4n) is 4.15. The van der Waals surface area contributed by atoms with E-state index in [2.05, 4.69) is 15.1 Å². The van der Waals surface area contributed by atoms with Crippen molar-refractivity contribution >= 4 is 11.7 Å². The van der Waals surface area contributed by atoms with Crippen molar-refractivity contribution in [3.63, 3.8) is 0 Å². The van der Waals surface area contributed by atoms with Crippen molar-refractivity contribution in [2.45, 2.75) is 31.4 Å². The lowest BCUT2D eigenvalue weighted by Crippen LogP contribution is -2.39. The van der Waals surface area contributed by atoms with Crippen LogP contribution in [0, 0.1) is 0 Å². The van der Waals surface area contributed by atoms with E-state index in [0.717, 1.165) is 18.0 Å². The van der Waals surface area contributed by atoms with Gasteiger partial charge < -0.3 is 14.4 Å². The number of alkyl halides is 3. The highest BCUT2D eigenvalue weighted by atomic mass is 19.4. The van der Waals surface area contributed by atoms with Crippen LogP contribution in [0.5, 0.6) is 11.5 Å². The van der Waals surface area contributed by atoms with Gasteiger partial charge in [0.05, 0.1) is 6.42 Å². The predicted molar refractivity (Wildman–Crippen MR) is 105 cm³/mol. The highest BCUT2D eigenvalue weighted by Crippen LogP contribution is 2.34. The second kappa shape index (κ2) is 7.95. The van der Waals surface area contributed by atoms with E-state index < -0.39 is 11.9 Å². The molecule has 3 aromatic rings. The Balaban J connectivity index is 1.26. The van der Waals surface area contributed by atoms with Gasteiger partial charge in [-0.2, -0.15) is 27.8 Å². The lowest BCUT2D eigenvalue weighted by Gasteiger charge is -2.32. The normalized spacial score (nSPS) is 17.0. The number of halogens is 3. The van der Waals surface area contributed by atoms with E-state index in [-0.39, 0.29) is 24.0 Å². The molecule has 1 amide bonds. The first kappa shape index (κ1) is 20.5. The van der Waals surface area contributed by atoms with Crippen molar-refractivity contribution in [2.24, 2.45) is 0 Å². The molecule has 2 aliphatic rings. The third kappa shape index (κ3) is 3.94. The third-order valence-corrected chi connectivity index (χ3v) is 5.79. The Morgan fingerprint density at radius 2 is 1.84 bits per heavy atom. The molecule has 0 saturated carbocycles. The van der Waals surface area contributed by atoms with Crippen LogP contribution in [0.2, 0.25) is 0 Å². The summed E-state index contributed by atoms with van der Waals surface area (Å²) < 4.78 is 52.1. The summed E-state index contributed by atoms with van der Waals surface area (Å²) in [6.07, 6.45) is -2.23. The summed E-state index contributed by atoms with van der Waals surface area (Å²) in [5.41, 5.74) is 0.263. The van der Waals surface area contributed by atoms with Crippen LogP contribution in [0.25, 0.3) is 5.78 Å². The zero-order valence-electron chi connectivity index (χ0n) is 17.0. The minimum absolute atomic E-state index is 0.0306. The van der Waals surface area contributed by atoms with Gasteiger partial charge in [-0.05, 0) is 36.6 Å². The second-order valence-corrected chi connectivity index (χ2v) is 7.85. The molecule has 2 aliphatic heterocycles. The van der Waals surface area contributed by atoms with E-state index in [0.29, 0.717) is 60.9 Å². The van der Waals surface area contributed by atoms with Gasteiger partial charge in [0, 0.05) is 24.7 Å². The van der Waals surface area contributed by atoms with E-state index in [1.165, 1.54) is 0 Å². The number of nitrogens with zero attached hydrogens (tertiary/aromatic N) is 5. The molecule has 0 bridgehead atoms. The van der Waals surface area contributed by atoms with Crippen LogP contribution in [-0.2, 0) is 17.4 Å². The third-order valence-electron chi connectivity index (χ3n) is 5.79. The number of hydrogen-bond acceptors (Lipinski definition) is 6. The summed E-state index contributed by atoms with van der Waals surface area (Å²) >= 11 is 0. The standard InChI is InChI=1S/C21H20F3N5O3/c22-21(23,24)18-11-15(27-20-25-12-26-29(18)20)14-3-5-28(6-4-14)19(30)10-13-1-2-16-17(9-13)32-8-7-31-16/h1-2,9,11-12,14H,3-8,10H2. The van der Waals surface area contributed by atoms with Crippen molar-refractivity contribution in [3.05, 3.63) is 47.5 Å². The Hall–Kier alpha value is -3.37. The van der Waals surface area contributed by atoms with Gasteiger partial charge >= 0.3 is 6.18 Å². The molecule has 0 radical (unpaired) electrons. The van der Waals surface area contributed by atoms with E-state index in [1.54, 1.807) is 11.0 Å². The highest BCUT2D eigenvalue weighted by Gasteiger charge is 2.36. The molecule has 4 heterocycles. The number of ether oxygens (including phenoxy) is 2. The van der Waals surface area contributed by atoms with Gasteiger partial charge in [0.1, 0.15) is 19.5 Å². The molecule has 0 aliphatic carbocycles. The molecular formula is C21H20F3N5O3. The molecule has 1 saturated heterocycles. The maximum Gasteiger partial charge on any atom is 0.433 e. The molecule has 168 valence electrons. The van der Waals surface area contributed by atoms with E-state index in [4.69, 9.17) is 9.47 Å². The second-order valence-electron chi connectivity index (χ2n) is 7.85. The summed E-state index contributed by atoms with van der Waals surface area (Å²) in [6, 6.07) is 6.50. The van der Waals surface area contributed by atoms with Gasteiger partial charge in [0.15, 0.2) is 17.2 Å². The maximum atomic E-state index is 13.4. The molecule has 2 aromatic heterocycles. The number of likely N-dealkylation sites (tertiary alicyclic amines) is 1. The lowest BCUT2D eigenvalue weighted by molar-refractivity contribution is -0.142. The summed E-state index contributed by atoms with van der Waals surface area (Å²) in [5.74, 6) is 1.01. The fraction of sp³-hybridized carbons (Fsp3) is 0.429. The van der Waals surface area contributed by atoms with E-state index >= 15 is 0 Å². The highest BCUT2D eigenvalue weighted by molar-refractivity contribution is 5.79. The lowest BCUT2D eigenvalue weighted by atomic mass is 9.92. The van der Waals surface area contributed by atoms with Crippen LogP contribution < -0.4 is 9.47 Å². The molecule has 0 atom stereocenters. The maximum absolute atomic E-state index is 13.4. The fourth-order valence-corrected chi connectivity index (χ4v) is 4.15. The molecule has 0 unspecified atom stereocenters. The van der Waals surface area contributed by atoms with Crippen molar-refractivity contribution in [2.75, 3.05) is 26.3 Å². The Labute approximate surface area is 181 Å². The largest absolute Gasteiger partial charge is 0.486 e. The molecule has 1 fully saturated rings. The predicted octanol–water partition coefficient (Wildman–Crippen LogP) is 2.86. The van der Waals surface area contributed by atoms with Gasteiger partial charge in [-0.3, -0.25) is 4.79 Å². The number of piperidine rings is 1. The van der Waals surface area contributed by atoms with Crippen LogP contribution in [0.4, 0.5) is 13.2 Å². The quantitative estimate of drug-likeness (QED) is 0.614. The summed E-state index contributed by atoms with van der Waals surface area (Å²) in [7, 11) is 0. The van der Waals surface area contributed by atoms with Crippen molar-refractivity contribution < 1.29 is 27.4 Å². The van der Waals surface area contributed by atoms with Gasteiger partial charge in [-0.15, -0.1) is 0 Å². The molecule has 32 heavy (non-hydrogen) atoms. The van der Waals surface area contributed by atoms with E-state index in [9.17, 15) is 18.0 Å². The molecule has 5 rings (SSSR count). The first-order valence-corrected chi connectivity index (χ1v) is 10.3. The zero-order chi connectivity index (χ0) is 22.3. The number of carbonyl (C=O) groups is 1. The number of amides is 1. The number of benzene rings is 1. The van der Waals surface area contributed by atoms with Crippen molar-refractivity contribution in [3.8, 4) is 11.5 Å². The van der Waals surface area contributed by atoms with Gasteiger partial charge in [0.25, 0.3) is 5.78 Å². The first-order chi connectivity index (χ1) is 15.4. The summed E-state index contributed by atoms with van der Waals surface area (Å²) in [6.45, 7) is 1.89. The smallest absolute Gasteiger partial charge is 0.433 e. The SMILES string of the molecule is O=C(Cc1ccc2c(c1)OCCO2)N1CCC(c2cc(C(F)(F)F)n3ncnc3n2)CC1. The van der Waals surface area contributed by atoms with Crippen molar-refractivity contribution in [1.29, 1.82) is 0 Å². The van der Waals surface area contributed by atoms with Gasteiger partial charge in [-0.1, -0.05) is 6.07 Å². The number of fused-ring (bicyclic) bond motifs is 2. The average Bonchev–Trinajstić information content (AvgIpc) is 3.26. The first-order valence-electron chi connectivity index (χ1n) is 10.3. The van der Waals surface area contributed by atoms with Gasteiger partial charge in [0.2, 0.25) is 5.91 Å². The van der Waals surface area contributed by atoms with Crippen molar-refractivity contribution in [1.82, 2.24) is 24.5 Å². The Morgan fingerprint density at radius 1 is 1.09 bits per heavy atom. The number of rotatable bonds is 3. The summed E-state index contributed by atoms with van der Waals surface area (Å²) in [4.78, 5) is 22.6. The van der Waals surface area contributed by atoms with Crippen LogP contribution in [0.3, 0.4) is 0 Å². The minimum atomic E-state index is -4.57. The molecular weight excluding hydrogens is 427 g/mol. The molecule has 0 spiro atoms. The van der Waals surface area contributed by atoms with Crippen LogP contribution in [-0.4, -0.2) is 56.7 Å².